The first kappa shape index (κ1) is 20.9. The second-order valence-corrected chi connectivity index (χ2v) is 9.91. The van der Waals surface area contributed by atoms with Crippen LogP contribution in [-0.2, 0) is 22.1 Å². The first-order chi connectivity index (χ1) is 14.1. The van der Waals surface area contributed by atoms with Gasteiger partial charge in [0, 0.05) is 24.9 Å². The van der Waals surface area contributed by atoms with Gasteiger partial charge in [0.2, 0.25) is 5.90 Å². The molecule has 1 saturated carbocycles. The van der Waals surface area contributed by atoms with Gasteiger partial charge >= 0.3 is 0 Å². The molecule has 3 heteroatoms. The quantitative estimate of drug-likeness (QED) is 0.286. The van der Waals surface area contributed by atoms with Crippen LogP contribution in [0.15, 0.2) is 48.6 Å². The van der Waals surface area contributed by atoms with Crippen LogP contribution in [0.4, 0.5) is 0 Å². The molecule has 0 bridgehead atoms. The zero-order valence-corrected chi connectivity index (χ0v) is 19.2. The summed E-state index contributed by atoms with van der Waals surface area (Å²) in [6, 6.07) is 13.8. The molecule has 1 N–H and O–H groups in total. The Morgan fingerprint density at radius 2 is 1.77 bits per heavy atom. The maximum atomic E-state index is 7.98. The molecule has 1 unspecified atom stereocenters. The molecular weight excluding hydrogens is 368 g/mol. The Hall–Kier alpha value is -2.39. The van der Waals surface area contributed by atoms with Gasteiger partial charge in [-0.05, 0) is 59.1 Å². The minimum absolute atomic E-state index is 0.0804. The first-order valence-corrected chi connectivity index (χ1v) is 11.0. The second kappa shape index (κ2) is 7.39. The number of allylic oxidation sites excluding steroid dienone is 2. The third kappa shape index (κ3) is 3.72. The van der Waals surface area contributed by atoms with E-state index in [1.54, 1.807) is 19.2 Å². The van der Waals surface area contributed by atoms with Gasteiger partial charge in [-0.1, -0.05) is 69.3 Å². The molecule has 0 radical (unpaired) electrons. The van der Waals surface area contributed by atoms with Gasteiger partial charge in [0.25, 0.3) is 0 Å². The number of hydrogen-bond donors (Lipinski definition) is 1. The zero-order chi connectivity index (χ0) is 21.7. The van der Waals surface area contributed by atoms with Crippen molar-refractivity contribution < 1.29 is 4.84 Å². The molecular formula is C27H34N2O. The summed E-state index contributed by atoms with van der Waals surface area (Å²) in [5.41, 5.74) is 8.60. The molecule has 2 aliphatic rings. The molecule has 2 aromatic rings. The fourth-order valence-corrected chi connectivity index (χ4v) is 4.98. The zero-order valence-electron chi connectivity index (χ0n) is 19.2. The van der Waals surface area contributed by atoms with E-state index in [-0.39, 0.29) is 16.7 Å². The van der Waals surface area contributed by atoms with Crippen LogP contribution >= 0.6 is 0 Å². The van der Waals surface area contributed by atoms with Crippen molar-refractivity contribution in [3.05, 3.63) is 81.9 Å². The van der Waals surface area contributed by atoms with Crippen LogP contribution in [0.25, 0.3) is 0 Å². The molecule has 3 nitrogen and oxygen atoms in total. The molecule has 1 fully saturated rings. The van der Waals surface area contributed by atoms with Gasteiger partial charge < -0.3 is 4.84 Å². The number of benzene rings is 2. The number of fused-ring (bicyclic) bond motifs is 1. The third-order valence-corrected chi connectivity index (χ3v) is 6.81. The Labute approximate surface area is 181 Å². The highest BCUT2D eigenvalue weighted by molar-refractivity contribution is 5.75. The number of hydrogen-bond acceptors (Lipinski definition) is 3. The summed E-state index contributed by atoms with van der Waals surface area (Å²) in [7, 11) is 3.60. The van der Waals surface area contributed by atoms with E-state index < -0.39 is 0 Å². The number of nitrogens with zero attached hydrogens (tertiary/aromatic N) is 1. The van der Waals surface area contributed by atoms with Crippen LogP contribution in [0, 0.1) is 12.3 Å². The Morgan fingerprint density at radius 1 is 1.10 bits per heavy atom. The van der Waals surface area contributed by atoms with Crippen LogP contribution in [0.3, 0.4) is 0 Å². The van der Waals surface area contributed by atoms with E-state index in [1.807, 2.05) is 0 Å². The van der Waals surface area contributed by atoms with Crippen molar-refractivity contribution in [3.8, 4) is 0 Å². The van der Waals surface area contributed by atoms with Crippen molar-refractivity contribution in [2.24, 2.45) is 0 Å². The average Bonchev–Trinajstić information content (AvgIpc) is 3.46. The fraction of sp³-hybridized carbons (Fsp3) is 0.444. The lowest BCUT2D eigenvalue weighted by Crippen LogP contribution is -2.23. The average molecular weight is 403 g/mol. The van der Waals surface area contributed by atoms with E-state index >= 15 is 0 Å². The van der Waals surface area contributed by atoms with Crippen LogP contribution in [0.1, 0.15) is 72.9 Å². The lowest BCUT2D eigenvalue weighted by molar-refractivity contribution is -0.0226. The van der Waals surface area contributed by atoms with Crippen LogP contribution in [-0.4, -0.2) is 25.1 Å². The van der Waals surface area contributed by atoms with E-state index in [2.05, 4.69) is 76.2 Å². The summed E-state index contributed by atoms with van der Waals surface area (Å²) >= 11 is 0. The van der Waals surface area contributed by atoms with Crippen LogP contribution < -0.4 is 0 Å². The third-order valence-electron chi connectivity index (χ3n) is 6.81. The Balaban J connectivity index is 1.65. The van der Waals surface area contributed by atoms with E-state index in [9.17, 15) is 0 Å². The van der Waals surface area contributed by atoms with E-state index in [0.717, 1.165) is 5.56 Å². The maximum Gasteiger partial charge on any atom is 0.211 e. The topological polar surface area (TPSA) is 36.3 Å². The predicted molar refractivity (Wildman–Crippen MR) is 124 cm³/mol. The second-order valence-electron chi connectivity index (χ2n) is 9.91. The lowest BCUT2D eigenvalue weighted by atomic mass is 9.71. The number of rotatable bonds is 5. The number of nitrogens with one attached hydrogen (secondary N) is 1. The Bertz CT molecular complexity index is 994. The van der Waals surface area contributed by atoms with Gasteiger partial charge in [-0.15, -0.1) is 5.06 Å². The fourth-order valence-electron chi connectivity index (χ4n) is 4.98. The van der Waals surface area contributed by atoms with Crippen molar-refractivity contribution >= 4 is 5.90 Å². The minimum Gasteiger partial charge on any atom is -0.391 e. The summed E-state index contributed by atoms with van der Waals surface area (Å²) in [6.07, 6.45) is 7.65. The largest absolute Gasteiger partial charge is 0.391 e. The summed E-state index contributed by atoms with van der Waals surface area (Å²) in [4.78, 5) is 5.34. The molecule has 0 heterocycles. The van der Waals surface area contributed by atoms with Gasteiger partial charge in [-0.3, -0.25) is 5.41 Å². The maximum absolute atomic E-state index is 7.98. The highest BCUT2D eigenvalue weighted by Crippen LogP contribution is 2.55. The summed E-state index contributed by atoms with van der Waals surface area (Å²) in [5.74, 6) is 0.749. The van der Waals surface area contributed by atoms with Crippen molar-refractivity contribution in [1.82, 2.24) is 5.06 Å². The van der Waals surface area contributed by atoms with Gasteiger partial charge in [-0.25, -0.2) is 0 Å². The molecule has 0 amide bonds. The Morgan fingerprint density at radius 3 is 2.37 bits per heavy atom. The summed E-state index contributed by atoms with van der Waals surface area (Å²) < 4.78 is 0. The van der Waals surface area contributed by atoms with Gasteiger partial charge in [0.1, 0.15) is 0 Å². The van der Waals surface area contributed by atoms with E-state index in [4.69, 9.17) is 10.2 Å². The monoisotopic (exact) mass is 402 g/mol. The van der Waals surface area contributed by atoms with E-state index in [0.29, 0.717) is 12.3 Å². The van der Waals surface area contributed by atoms with Gasteiger partial charge in [0.05, 0.1) is 6.42 Å². The van der Waals surface area contributed by atoms with Crippen LogP contribution in [0.2, 0.25) is 0 Å². The number of aryl methyl sites for hydroxylation is 1. The predicted octanol–water partition coefficient (Wildman–Crippen LogP) is 6.04. The van der Waals surface area contributed by atoms with Crippen molar-refractivity contribution in [2.45, 2.75) is 63.7 Å². The first-order valence-electron chi connectivity index (χ1n) is 11.0. The molecule has 158 valence electrons. The molecule has 2 aliphatic carbocycles. The molecule has 0 aliphatic heterocycles. The van der Waals surface area contributed by atoms with Crippen molar-refractivity contribution in [2.75, 3.05) is 14.1 Å². The number of hydroxylamine groups is 2. The van der Waals surface area contributed by atoms with Gasteiger partial charge in [0.15, 0.2) is 0 Å². The van der Waals surface area contributed by atoms with Gasteiger partial charge in [-0.2, -0.15) is 0 Å². The highest BCUT2D eigenvalue weighted by Gasteiger charge is 2.47. The summed E-state index contributed by atoms with van der Waals surface area (Å²) in [6.45, 7) is 9.23. The van der Waals surface area contributed by atoms with Crippen molar-refractivity contribution in [3.63, 3.8) is 0 Å². The normalized spacial score (nSPS) is 20.7. The SMILES string of the molecule is Cc1cc2c(cc1C1(c3ccc(CC(=N)ON(C)C)cc3)CC1)C(C)(C)C=CC2C. The molecule has 0 aromatic heterocycles. The van der Waals surface area contributed by atoms with Crippen molar-refractivity contribution in [1.29, 1.82) is 5.41 Å². The highest BCUT2D eigenvalue weighted by atomic mass is 16.7. The smallest absolute Gasteiger partial charge is 0.211 e. The molecule has 30 heavy (non-hydrogen) atoms. The lowest BCUT2D eigenvalue weighted by Gasteiger charge is -2.33. The molecule has 2 aromatic carbocycles. The molecule has 0 saturated heterocycles. The molecule has 4 rings (SSSR count). The standard InChI is InChI=1S/C27H34N2O/c1-18-11-12-26(3,4)24-17-23(19(2)15-22(18)24)27(13-14-27)21-9-7-20(8-10-21)16-25(28)30-29(5)6/h7-12,15,17-18,28H,13-14,16H2,1-6H3. The van der Waals surface area contributed by atoms with E-state index in [1.165, 1.54) is 40.7 Å². The van der Waals surface area contributed by atoms with Crippen LogP contribution in [0.5, 0.6) is 0 Å². The minimum atomic E-state index is 0.0804. The Kier molecular flexibility index (Phi) is 5.14. The summed E-state index contributed by atoms with van der Waals surface area (Å²) in [5, 5.41) is 9.54. The molecule has 1 atom stereocenters. The molecule has 0 spiro atoms.